The van der Waals surface area contributed by atoms with Crippen LogP contribution >= 0.6 is 0 Å². The Morgan fingerprint density at radius 3 is 2.15 bits per heavy atom. The third kappa shape index (κ3) is 3.31. The molecule has 0 bridgehead atoms. The van der Waals surface area contributed by atoms with E-state index in [2.05, 4.69) is 19.6 Å². The molecule has 20 heavy (non-hydrogen) atoms. The second kappa shape index (κ2) is 5.97. The van der Waals surface area contributed by atoms with Gasteiger partial charge >= 0.3 is 0 Å². The minimum absolute atomic E-state index is 0.394. The minimum Gasteiger partial charge on any atom is -0.379 e. The van der Waals surface area contributed by atoms with E-state index in [1.54, 1.807) is 4.31 Å². The molecular weight excluding hydrogens is 290 g/mol. The number of nitrogens with zero attached hydrogens (tertiary/aromatic N) is 1. The molecule has 1 unspecified atom stereocenters. The molecule has 1 fully saturated rings. The maximum Gasteiger partial charge on any atom is 0.218 e. The molecule has 1 aromatic carbocycles. The quantitative estimate of drug-likeness (QED) is 0.801. The molecule has 1 atom stereocenters. The minimum atomic E-state index is -3.32. The summed E-state index contributed by atoms with van der Waals surface area (Å²) in [5.74, 6) is 0. The Bertz CT molecular complexity index is 533. The van der Waals surface area contributed by atoms with Crippen LogP contribution in [0.1, 0.15) is 10.4 Å². The van der Waals surface area contributed by atoms with Crippen LogP contribution in [0.15, 0.2) is 30.3 Å². The normalized spacial score (nSPS) is 19.8. The Morgan fingerprint density at radius 1 is 1.10 bits per heavy atom. The number of sulfonamides is 1. The lowest BCUT2D eigenvalue weighted by Crippen LogP contribution is -2.48. The summed E-state index contributed by atoms with van der Waals surface area (Å²) in [6.07, 6.45) is 0. The molecule has 0 saturated carbocycles. The molecule has 1 aliphatic rings. The average Bonchev–Trinajstić information content (AvgIpc) is 2.39. The third-order valence-electron chi connectivity index (χ3n) is 3.52. The zero-order valence-corrected chi connectivity index (χ0v) is 14.2. The summed E-state index contributed by atoms with van der Waals surface area (Å²) in [5, 5.41) is 0. The number of ether oxygens (including phenoxy) is 1. The van der Waals surface area contributed by atoms with E-state index in [4.69, 9.17) is 4.74 Å². The van der Waals surface area contributed by atoms with Gasteiger partial charge in [-0.05, 0) is 5.56 Å². The summed E-state index contributed by atoms with van der Waals surface area (Å²) in [6.45, 7) is 8.26. The fourth-order valence-electron chi connectivity index (χ4n) is 2.70. The smallest absolute Gasteiger partial charge is 0.218 e. The molecule has 1 heterocycles. The lowest BCUT2D eigenvalue weighted by atomic mass is 10.2. The van der Waals surface area contributed by atoms with Crippen molar-refractivity contribution in [3.63, 3.8) is 0 Å². The Labute approximate surface area is 122 Å². The van der Waals surface area contributed by atoms with Crippen molar-refractivity contribution in [2.45, 2.75) is 24.5 Å². The van der Waals surface area contributed by atoms with Gasteiger partial charge in [0.1, 0.15) is 0 Å². The van der Waals surface area contributed by atoms with Crippen molar-refractivity contribution in [2.24, 2.45) is 0 Å². The highest BCUT2D eigenvalue weighted by Crippen LogP contribution is 2.34. The Kier molecular flexibility index (Phi) is 4.68. The van der Waals surface area contributed by atoms with Crippen LogP contribution in [0.5, 0.6) is 0 Å². The molecule has 0 N–H and O–H groups in total. The highest BCUT2D eigenvalue weighted by atomic mass is 32.2. The van der Waals surface area contributed by atoms with Gasteiger partial charge in [0, 0.05) is 13.1 Å². The van der Waals surface area contributed by atoms with Crippen molar-refractivity contribution in [3.8, 4) is 0 Å². The molecule has 112 valence electrons. The maximum absolute atomic E-state index is 13.0. The van der Waals surface area contributed by atoms with Crippen LogP contribution in [0.4, 0.5) is 0 Å². The van der Waals surface area contributed by atoms with E-state index in [1.165, 1.54) is 0 Å². The SMILES string of the molecule is C[Si](C)(C)C(c1ccccc1)S(=O)(=O)N1CCOCC1. The lowest BCUT2D eigenvalue weighted by molar-refractivity contribution is 0.0728. The molecule has 4 nitrogen and oxygen atoms in total. The van der Waals surface area contributed by atoms with E-state index in [-0.39, 0.29) is 0 Å². The molecule has 0 aliphatic carbocycles. The van der Waals surface area contributed by atoms with E-state index < -0.39 is 23.0 Å². The fraction of sp³-hybridized carbons (Fsp3) is 0.571. The summed E-state index contributed by atoms with van der Waals surface area (Å²) >= 11 is 0. The standard InChI is InChI=1S/C14H23NO3SSi/c1-20(2,3)14(13-7-5-4-6-8-13)19(16,17)15-9-11-18-12-10-15/h4-8,14H,9-12H2,1-3H3. The van der Waals surface area contributed by atoms with Crippen LogP contribution in [0.3, 0.4) is 0 Å². The summed E-state index contributed by atoms with van der Waals surface area (Å²) < 4.78 is 33.0. The molecular formula is C14H23NO3SSi. The van der Waals surface area contributed by atoms with Gasteiger partial charge in [0.05, 0.1) is 26.2 Å². The highest BCUT2D eigenvalue weighted by Gasteiger charge is 2.42. The molecule has 6 heteroatoms. The number of rotatable bonds is 4. The molecule has 1 aliphatic heterocycles. The van der Waals surface area contributed by atoms with E-state index in [0.717, 1.165) is 5.56 Å². The van der Waals surface area contributed by atoms with Gasteiger partial charge in [0.25, 0.3) is 0 Å². The van der Waals surface area contributed by atoms with E-state index in [1.807, 2.05) is 30.3 Å². The van der Waals surface area contributed by atoms with Crippen LogP contribution in [-0.4, -0.2) is 47.1 Å². The number of hydrogen-bond acceptors (Lipinski definition) is 3. The van der Waals surface area contributed by atoms with Crippen molar-refractivity contribution >= 4 is 18.1 Å². The van der Waals surface area contributed by atoms with Gasteiger partial charge in [0.15, 0.2) is 0 Å². The molecule has 1 aromatic rings. The summed E-state index contributed by atoms with van der Waals surface area (Å²) in [6, 6.07) is 9.61. The fourth-order valence-corrected chi connectivity index (χ4v) is 9.37. The third-order valence-corrected chi connectivity index (χ3v) is 10.4. The first-order chi connectivity index (χ1) is 9.33. The maximum atomic E-state index is 13.0. The van der Waals surface area contributed by atoms with Crippen molar-refractivity contribution < 1.29 is 13.2 Å². The van der Waals surface area contributed by atoms with Gasteiger partial charge in [-0.3, -0.25) is 0 Å². The Morgan fingerprint density at radius 2 is 1.65 bits per heavy atom. The second-order valence-electron chi connectivity index (χ2n) is 6.21. The van der Waals surface area contributed by atoms with Crippen LogP contribution in [0, 0.1) is 0 Å². The monoisotopic (exact) mass is 313 g/mol. The molecule has 0 amide bonds. The zero-order valence-electron chi connectivity index (χ0n) is 12.4. The molecule has 2 rings (SSSR count). The first-order valence-corrected chi connectivity index (χ1v) is 12.0. The highest BCUT2D eigenvalue weighted by molar-refractivity contribution is 7.91. The van der Waals surface area contributed by atoms with Crippen LogP contribution in [0.2, 0.25) is 19.6 Å². The van der Waals surface area contributed by atoms with Crippen molar-refractivity contribution in [1.82, 2.24) is 4.31 Å². The predicted octanol–water partition coefficient (Wildman–Crippen LogP) is 2.27. The predicted molar refractivity (Wildman–Crippen MR) is 83.8 cm³/mol. The first kappa shape index (κ1) is 15.7. The van der Waals surface area contributed by atoms with Gasteiger partial charge in [-0.15, -0.1) is 0 Å². The van der Waals surface area contributed by atoms with Gasteiger partial charge < -0.3 is 4.74 Å². The number of benzene rings is 1. The number of hydrogen-bond donors (Lipinski definition) is 0. The number of morpholine rings is 1. The van der Waals surface area contributed by atoms with Crippen LogP contribution in [0.25, 0.3) is 0 Å². The molecule has 0 radical (unpaired) electrons. The van der Waals surface area contributed by atoms with Crippen molar-refractivity contribution in [1.29, 1.82) is 0 Å². The topological polar surface area (TPSA) is 46.6 Å². The van der Waals surface area contributed by atoms with Crippen molar-refractivity contribution in [2.75, 3.05) is 26.3 Å². The van der Waals surface area contributed by atoms with E-state index >= 15 is 0 Å². The van der Waals surface area contributed by atoms with E-state index in [0.29, 0.717) is 26.3 Å². The van der Waals surface area contributed by atoms with Gasteiger partial charge in [-0.2, -0.15) is 4.31 Å². The second-order valence-corrected chi connectivity index (χ2v) is 14.0. The Hall–Kier alpha value is -0.693. The summed E-state index contributed by atoms with van der Waals surface area (Å²) in [7, 11) is -5.24. The lowest BCUT2D eigenvalue weighted by Gasteiger charge is -2.35. The summed E-state index contributed by atoms with van der Waals surface area (Å²) in [5.41, 5.74) is 0.915. The molecule has 0 spiro atoms. The summed E-state index contributed by atoms with van der Waals surface area (Å²) in [4.78, 5) is -0.394. The van der Waals surface area contributed by atoms with Gasteiger partial charge in [-0.1, -0.05) is 50.0 Å². The van der Waals surface area contributed by atoms with Gasteiger partial charge in [-0.25, -0.2) is 8.42 Å². The molecule has 1 saturated heterocycles. The van der Waals surface area contributed by atoms with E-state index in [9.17, 15) is 8.42 Å². The largest absolute Gasteiger partial charge is 0.379 e. The average molecular weight is 313 g/mol. The zero-order chi connectivity index (χ0) is 14.8. The molecule has 0 aromatic heterocycles. The Balaban J connectivity index is 2.41. The van der Waals surface area contributed by atoms with Crippen LogP contribution < -0.4 is 0 Å². The van der Waals surface area contributed by atoms with Gasteiger partial charge in [0.2, 0.25) is 10.0 Å². The first-order valence-electron chi connectivity index (χ1n) is 6.95. The van der Waals surface area contributed by atoms with Crippen molar-refractivity contribution in [3.05, 3.63) is 35.9 Å². The van der Waals surface area contributed by atoms with Crippen LogP contribution in [-0.2, 0) is 14.8 Å².